The van der Waals surface area contributed by atoms with E-state index in [1.165, 1.54) is 0 Å². The molecular weight excluding hydrogens is 162 g/mol. The van der Waals surface area contributed by atoms with E-state index >= 15 is 0 Å². The van der Waals surface area contributed by atoms with Gasteiger partial charge in [0, 0.05) is 6.20 Å². The van der Waals surface area contributed by atoms with Gasteiger partial charge in [0.25, 0.3) is 0 Å². The molecule has 3 nitrogen and oxygen atoms in total. The summed E-state index contributed by atoms with van der Waals surface area (Å²) in [7, 11) is 3.91. The van der Waals surface area contributed by atoms with Gasteiger partial charge in [0.15, 0.2) is 0 Å². The second kappa shape index (κ2) is 4.58. The molecule has 0 amide bonds. The maximum absolute atomic E-state index is 8.64. The molecule has 0 aliphatic rings. The zero-order valence-electron chi connectivity index (χ0n) is 7.94. The van der Waals surface area contributed by atoms with Crippen LogP contribution in [0.25, 0.3) is 0 Å². The van der Waals surface area contributed by atoms with Crippen LogP contribution in [-0.4, -0.2) is 24.0 Å². The van der Waals surface area contributed by atoms with Crippen molar-refractivity contribution in [2.75, 3.05) is 14.1 Å². The SMILES string of the molecule is CN(C)C(CC#N)c1ccccn1. The Hall–Kier alpha value is -1.40. The summed E-state index contributed by atoms with van der Waals surface area (Å²) in [5, 5.41) is 8.64. The van der Waals surface area contributed by atoms with Crippen LogP contribution in [0.15, 0.2) is 24.4 Å². The van der Waals surface area contributed by atoms with Gasteiger partial charge in [-0.1, -0.05) is 6.07 Å². The summed E-state index contributed by atoms with van der Waals surface area (Å²) >= 11 is 0. The van der Waals surface area contributed by atoms with Crippen LogP contribution < -0.4 is 0 Å². The molecule has 3 heteroatoms. The number of nitrogens with zero attached hydrogens (tertiary/aromatic N) is 3. The van der Waals surface area contributed by atoms with Gasteiger partial charge in [-0.3, -0.25) is 4.98 Å². The lowest BCUT2D eigenvalue weighted by molar-refractivity contribution is 0.297. The van der Waals surface area contributed by atoms with Gasteiger partial charge in [-0.05, 0) is 26.2 Å². The number of aromatic nitrogens is 1. The first kappa shape index (κ1) is 9.69. The van der Waals surface area contributed by atoms with E-state index in [-0.39, 0.29) is 6.04 Å². The second-order valence-corrected chi connectivity index (χ2v) is 3.10. The van der Waals surface area contributed by atoms with Gasteiger partial charge in [0.2, 0.25) is 0 Å². The van der Waals surface area contributed by atoms with Crippen molar-refractivity contribution in [2.24, 2.45) is 0 Å². The lowest BCUT2D eigenvalue weighted by Crippen LogP contribution is -2.20. The van der Waals surface area contributed by atoms with Crippen LogP contribution in [-0.2, 0) is 0 Å². The van der Waals surface area contributed by atoms with Gasteiger partial charge in [-0.25, -0.2) is 0 Å². The maximum atomic E-state index is 8.64. The lowest BCUT2D eigenvalue weighted by atomic mass is 10.1. The molecule has 0 bridgehead atoms. The highest BCUT2D eigenvalue weighted by Crippen LogP contribution is 2.18. The highest BCUT2D eigenvalue weighted by Gasteiger charge is 2.13. The summed E-state index contributed by atoms with van der Waals surface area (Å²) < 4.78 is 0. The normalized spacial score (nSPS) is 12.5. The summed E-state index contributed by atoms with van der Waals surface area (Å²) in [6.45, 7) is 0. The Bertz CT molecular complexity index is 287. The first-order chi connectivity index (χ1) is 6.25. The zero-order valence-corrected chi connectivity index (χ0v) is 7.94. The topological polar surface area (TPSA) is 39.9 Å². The number of rotatable bonds is 3. The Kier molecular flexibility index (Phi) is 3.41. The van der Waals surface area contributed by atoms with E-state index in [0.717, 1.165) is 5.69 Å². The van der Waals surface area contributed by atoms with Gasteiger partial charge in [0.1, 0.15) is 0 Å². The zero-order chi connectivity index (χ0) is 9.68. The van der Waals surface area contributed by atoms with Crippen molar-refractivity contribution < 1.29 is 0 Å². The summed E-state index contributed by atoms with van der Waals surface area (Å²) in [5.41, 5.74) is 0.953. The molecule has 1 aromatic rings. The summed E-state index contributed by atoms with van der Waals surface area (Å²) in [5.74, 6) is 0. The van der Waals surface area contributed by atoms with Crippen molar-refractivity contribution in [3.63, 3.8) is 0 Å². The third-order valence-electron chi connectivity index (χ3n) is 1.94. The Labute approximate surface area is 78.6 Å². The van der Waals surface area contributed by atoms with Crippen molar-refractivity contribution in [1.82, 2.24) is 9.88 Å². The average Bonchev–Trinajstić information content (AvgIpc) is 2.15. The summed E-state index contributed by atoms with van der Waals surface area (Å²) in [6.07, 6.45) is 2.23. The van der Waals surface area contributed by atoms with E-state index in [0.29, 0.717) is 6.42 Å². The van der Waals surface area contributed by atoms with Gasteiger partial charge in [-0.2, -0.15) is 5.26 Å². The molecular formula is C10H13N3. The number of pyridine rings is 1. The van der Waals surface area contributed by atoms with Crippen molar-refractivity contribution in [2.45, 2.75) is 12.5 Å². The summed E-state index contributed by atoms with van der Waals surface area (Å²) in [4.78, 5) is 6.23. The smallest absolute Gasteiger partial charge is 0.0646 e. The fraction of sp³-hybridized carbons (Fsp3) is 0.400. The minimum atomic E-state index is 0.103. The predicted molar refractivity (Wildman–Crippen MR) is 50.9 cm³/mol. The van der Waals surface area contributed by atoms with Crippen LogP contribution in [0.1, 0.15) is 18.2 Å². The minimum absolute atomic E-state index is 0.103. The second-order valence-electron chi connectivity index (χ2n) is 3.10. The summed E-state index contributed by atoms with van der Waals surface area (Å²) in [6, 6.07) is 8.03. The van der Waals surface area contributed by atoms with Crippen LogP contribution >= 0.6 is 0 Å². The Morgan fingerprint density at radius 3 is 2.77 bits per heavy atom. The Morgan fingerprint density at radius 2 is 2.31 bits per heavy atom. The molecule has 0 saturated carbocycles. The molecule has 1 rings (SSSR count). The third-order valence-corrected chi connectivity index (χ3v) is 1.94. The van der Waals surface area contributed by atoms with Gasteiger partial charge >= 0.3 is 0 Å². The van der Waals surface area contributed by atoms with E-state index in [1.54, 1.807) is 6.20 Å². The van der Waals surface area contributed by atoms with Crippen LogP contribution in [0, 0.1) is 11.3 Å². The molecule has 1 atom stereocenters. The first-order valence-corrected chi connectivity index (χ1v) is 4.20. The molecule has 0 fully saturated rings. The minimum Gasteiger partial charge on any atom is -0.300 e. The molecule has 1 unspecified atom stereocenters. The first-order valence-electron chi connectivity index (χ1n) is 4.20. The van der Waals surface area contributed by atoms with E-state index in [2.05, 4.69) is 11.1 Å². The molecule has 0 spiro atoms. The highest BCUT2D eigenvalue weighted by molar-refractivity contribution is 5.10. The van der Waals surface area contributed by atoms with E-state index < -0.39 is 0 Å². The number of hydrogen-bond donors (Lipinski definition) is 0. The molecule has 13 heavy (non-hydrogen) atoms. The molecule has 68 valence electrons. The van der Waals surface area contributed by atoms with Crippen LogP contribution in [0.2, 0.25) is 0 Å². The number of hydrogen-bond acceptors (Lipinski definition) is 3. The van der Waals surface area contributed by atoms with Crippen molar-refractivity contribution in [1.29, 1.82) is 5.26 Å². The molecule has 0 aromatic carbocycles. The monoisotopic (exact) mass is 175 g/mol. The molecule has 1 heterocycles. The maximum Gasteiger partial charge on any atom is 0.0646 e. The van der Waals surface area contributed by atoms with Crippen LogP contribution in [0.4, 0.5) is 0 Å². The molecule has 1 aromatic heterocycles. The fourth-order valence-corrected chi connectivity index (χ4v) is 1.21. The molecule has 0 radical (unpaired) electrons. The molecule has 0 N–H and O–H groups in total. The Balaban J connectivity index is 2.84. The largest absolute Gasteiger partial charge is 0.300 e. The van der Waals surface area contributed by atoms with Crippen LogP contribution in [0.3, 0.4) is 0 Å². The van der Waals surface area contributed by atoms with E-state index in [4.69, 9.17) is 5.26 Å². The lowest BCUT2D eigenvalue weighted by Gasteiger charge is -2.20. The molecule has 0 aliphatic heterocycles. The van der Waals surface area contributed by atoms with Gasteiger partial charge in [-0.15, -0.1) is 0 Å². The quantitative estimate of drug-likeness (QED) is 0.700. The highest BCUT2D eigenvalue weighted by atomic mass is 15.1. The molecule has 0 aliphatic carbocycles. The number of nitriles is 1. The van der Waals surface area contributed by atoms with Crippen LogP contribution in [0.5, 0.6) is 0 Å². The third kappa shape index (κ3) is 2.53. The van der Waals surface area contributed by atoms with Crippen molar-refractivity contribution in [3.05, 3.63) is 30.1 Å². The molecule has 0 saturated heterocycles. The van der Waals surface area contributed by atoms with Crippen molar-refractivity contribution >= 4 is 0 Å². The van der Waals surface area contributed by atoms with Crippen molar-refractivity contribution in [3.8, 4) is 6.07 Å². The Morgan fingerprint density at radius 1 is 1.54 bits per heavy atom. The van der Waals surface area contributed by atoms with Gasteiger partial charge in [0.05, 0.1) is 24.2 Å². The average molecular weight is 175 g/mol. The fourth-order valence-electron chi connectivity index (χ4n) is 1.21. The van der Waals surface area contributed by atoms with E-state index in [1.807, 2.05) is 37.2 Å². The predicted octanol–water partition coefficient (Wildman–Crippen LogP) is 1.60. The van der Waals surface area contributed by atoms with Gasteiger partial charge < -0.3 is 4.90 Å². The standard InChI is InChI=1S/C10H13N3/c1-13(2)10(6-7-11)9-5-3-4-8-12-9/h3-5,8,10H,6H2,1-2H3. The van der Waals surface area contributed by atoms with E-state index in [9.17, 15) is 0 Å².